The molecule has 1 aliphatic rings. The lowest BCUT2D eigenvalue weighted by atomic mass is 10.0. The lowest BCUT2D eigenvalue weighted by Crippen LogP contribution is -2.42. The van der Waals surface area contributed by atoms with Crippen molar-refractivity contribution in [2.45, 2.75) is 19.3 Å². The number of amides is 1. The Kier molecular flexibility index (Phi) is 5.98. The predicted molar refractivity (Wildman–Crippen MR) is 56.8 cm³/mol. The minimum absolute atomic E-state index is 0.168. The fourth-order valence-electron chi connectivity index (χ4n) is 1.75. The molecular weight excluding hydrogens is 240 g/mol. The van der Waals surface area contributed by atoms with Crippen molar-refractivity contribution in [2.75, 3.05) is 32.2 Å². The molecular formula is C10H16ClF2NO2. The van der Waals surface area contributed by atoms with Gasteiger partial charge >= 0.3 is 0 Å². The Balaban J connectivity index is 2.50. The van der Waals surface area contributed by atoms with E-state index in [0.717, 1.165) is 11.3 Å². The molecule has 1 fully saturated rings. The lowest BCUT2D eigenvalue weighted by molar-refractivity contribution is -0.141. The second-order valence-corrected chi connectivity index (χ2v) is 4.16. The van der Waals surface area contributed by atoms with E-state index in [-0.39, 0.29) is 24.2 Å². The van der Waals surface area contributed by atoms with Crippen LogP contribution in [0.4, 0.5) is 8.78 Å². The van der Waals surface area contributed by atoms with Crippen molar-refractivity contribution in [3.05, 3.63) is 0 Å². The van der Waals surface area contributed by atoms with Crippen LogP contribution in [0.15, 0.2) is 0 Å². The van der Waals surface area contributed by atoms with E-state index in [1.807, 2.05) is 0 Å². The van der Waals surface area contributed by atoms with Gasteiger partial charge in [-0.25, -0.2) is 8.78 Å². The Labute approximate surface area is 98.7 Å². The van der Waals surface area contributed by atoms with Gasteiger partial charge in [0, 0.05) is 19.0 Å². The summed E-state index contributed by atoms with van der Waals surface area (Å²) in [6.45, 7) is 0.609. The molecule has 1 saturated heterocycles. The molecule has 6 heteroatoms. The molecule has 0 saturated carbocycles. The normalized spacial score (nSPS) is 21.1. The monoisotopic (exact) mass is 255 g/mol. The lowest BCUT2D eigenvalue weighted by Gasteiger charge is -2.28. The molecule has 0 aromatic rings. The van der Waals surface area contributed by atoms with Crippen LogP contribution >= 0.6 is 11.6 Å². The summed E-state index contributed by atoms with van der Waals surface area (Å²) in [5.41, 5.74) is 0. The molecule has 1 rings (SSSR count). The van der Waals surface area contributed by atoms with Crippen molar-refractivity contribution in [3.8, 4) is 0 Å². The maximum absolute atomic E-state index is 12.3. The van der Waals surface area contributed by atoms with Gasteiger partial charge in [-0.05, 0) is 12.8 Å². The first-order valence-electron chi connectivity index (χ1n) is 5.35. The van der Waals surface area contributed by atoms with Gasteiger partial charge in [0.1, 0.15) is 0 Å². The molecule has 0 aromatic heterocycles. The number of nitrogens with zero attached hydrogens (tertiary/aromatic N) is 1. The fraction of sp³-hybridized carbons (Fsp3) is 0.900. The van der Waals surface area contributed by atoms with E-state index >= 15 is 0 Å². The van der Waals surface area contributed by atoms with Gasteiger partial charge in [-0.1, -0.05) is 0 Å². The minimum atomic E-state index is -2.52. The smallest absolute Gasteiger partial charge is 0.255 e. The van der Waals surface area contributed by atoms with Crippen molar-refractivity contribution < 1.29 is 18.3 Å². The van der Waals surface area contributed by atoms with Crippen LogP contribution in [0.2, 0.25) is 0 Å². The molecule has 3 nitrogen and oxygen atoms in total. The third-order valence-corrected chi connectivity index (χ3v) is 2.70. The van der Waals surface area contributed by atoms with Gasteiger partial charge in [-0.15, -0.1) is 11.6 Å². The summed E-state index contributed by atoms with van der Waals surface area (Å²) in [4.78, 5) is 13.0. The van der Waals surface area contributed by atoms with Gasteiger partial charge in [0.2, 0.25) is 5.91 Å². The van der Waals surface area contributed by atoms with Crippen molar-refractivity contribution in [3.63, 3.8) is 0 Å². The van der Waals surface area contributed by atoms with Gasteiger partial charge in [-0.2, -0.15) is 0 Å². The van der Waals surface area contributed by atoms with Crippen molar-refractivity contribution in [1.29, 1.82) is 0 Å². The summed E-state index contributed by atoms with van der Waals surface area (Å²) in [6.07, 6.45) is -1.00. The third kappa shape index (κ3) is 4.22. The highest BCUT2D eigenvalue weighted by Gasteiger charge is 2.27. The van der Waals surface area contributed by atoms with Crippen LogP contribution in [0.1, 0.15) is 12.8 Å². The number of ether oxygens (including phenoxy) is 1. The van der Waals surface area contributed by atoms with Gasteiger partial charge < -0.3 is 9.64 Å². The first kappa shape index (κ1) is 13.6. The molecule has 1 atom stereocenters. The Morgan fingerprint density at radius 1 is 1.56 bits per heavy atom. The van der Waals surface area contributed by atoms with Crippen molar-refractivity contribution >= 4 is 17.5 Å². The Morgan fingerprint density at radius 2 is 2.31 bits per heavy atom. The van der Waals surface area contributed by atoms with E-state index in [2.05, 4.69) is 0 Å². The molecule has 0 N–H and O–H groups in total. The predicted octanol–water partition coefficient (Wildman–Crippen LogP) is 1.75. The molecule has 0 bridgehead atoms. The zero-order valence-electron chi connectivity index (χ0n) is 9.00. The maximum atomic E-state index is 12.3. The van der Waals surface area contributed by atoms with Gasteiger partial charge in [0.15, 0.2) is 0 Å². The van der Waals surface area contributed by atoms with Gasteiger partial charge in [0.25, 0.3) is 6.43 Å². The van der Waals surface area contributed by atoms with Crippen LogP contribution in [0.5, 0.6) is 0 Å². The van der Waals surface area contributed by atoms with Crippen LogP contribution in [0, 0.1) is 5.92 Å². The van der Waals surface area contributed by atoms with Crippen LogP contribution in [-0.2, 0) is 9.53 Å². The highest BCUT2D eigenvalue weighted by Crippen LogP contribution is 2.17. The molecule has 94 valence electrons. The zero-order chi connectivity index (χ0) is 12.0. The summed E-state index contributed by atoms with van der Waals surface area (Å²) >= 11 is 5.49. The van der Waals surface area contributed by atoms with E-state index < -0.39 is 13.0 Å². The molecule has 16 heavy (non-hydrogen) atoms. The van der Waals surface area contributed by atoms with E-state index in [4.69, 9.17) is 16.3 Å². The average Bonchev–Trinajstić information content (AvgIpc) is 2.28. The Morgan fingerprint density at radius 3 is 2.81 bits per heavy atom. The maximum Gasteiger partial charge on any atom is 0.255 e. The molecule has 0 aliphatic carbocycles. The van der Waals surface area contributed by atoms with Crippen LogP contribution in [0.3, 0.4) is 0 Å². The Hall–Kier alpha value is -0.420. The minimum Gasteiger partial charge on any atom is -0.381 e. The highest BCUT2D eigenvalue weighted by molar-refractivity contribution is 6.18. The number of hydrogen-bond acceptors (Lipinski definition) is 2. The molecule has 1 heterocycles. The molecule has 0 radical (unpaired) electrons. The topological polar surface area (TPSA) is 29.5 Å². The summed E-state index contributed by atoms with van der Waals surface area (Å²) in [5.74, 6) is -0.372. The second kappa shape index (κ2) is 7.01. The molecule has 1 amide bonds. The third-order valence-electron chi connectivity index (χ3n) is 2.53. The summed E-state index contributed by atoms with van der Waals surface area (Å²) in [7, 11) is 0. The molecule has 1 aliphatic heterocycles. The van der Waals surface area contributed by atoms with Gasteiger partial charge in [0.05, 0.1) is 19.1 Å². The highest BCUT2D eigenvalue weighted by atomic mass is 35.5. The number of rotatable bonds is 5. The summed E-state index contributed by atoms with van der Waals surface area (Å²) in [5, 5.41) is 0. The van der Waals surface area contributed by atoms with Gasteiger partial charge in [-0.3, -0.25) is 4.79 Å². The second-order valence-electron chi connectivity index (χ2n) is 3.78. The number of carbonyl (C=O) groups is 1. The SMILES string of the molecule is O=C(C1CCCOC1)N(CCCl)CC(F)F. The number of alkyl halides is 3. The molecule has 0 spiro atoms. The molecule has 1 unspecified atom stereocenters. The fourth-order valence-corrected chi connectivity index (χ4v) is 1.96. The number of hydrogen-bond donors (Lipinski definition) is 0. The Bertz CT molecular complexity index is 223. The standard InChI is InChI=1S/C10H16ClF2NO2/c11-3-4-14(6-9(12)13)10(15)8-2-1-5-16-7-8/h8-9H,1-7H2. The zero-order valence-corrected chi connectivity index (χ0v) is 9.76. The quantitative estimate of drug-likeness (QED) is 0.701. The van der Waals surface area contributed by atoms with E-state index in [9.17, 15) is 13.6 Å². The van der Waals surface area contributed by atoms with E-state index in [1.165, 1.54) is 0 Å². The van der Waals surface area contributed by atoms with Crippen molar-refractivity contribution in [2.24, 2.45) is 5.92 Å². The first-order valence-corrected chi connectivity index (χ1v) is 5.89. The van der Waals surface area contributed by atoms with Crippen LogP contribution in [0.25, 0.3) is 0 Å². The molecule has 0 aromatic carbocycles. The van der Waals surface area contributed by atoms with Crippen molar-refractivity contribution in [1.82, 2.24) is 4.90 Å². The van der Waals surface area contributed by atoms with Crippen LogP contribution < -0.4 is 0 Å². The summed E-state index contributed by atoms with van der Waals surface area (Å²) < 4.78 is 29.7. The van der Waals surface area contributed by atoms with E-state index in [1.54, 1.807) is 0 Å². The average molecular weight is 256 g/mol. The number of halogens is 3. The first-order chi connectivity index (χ1) is 7.65. The van der Waals surface area contributed by atoms with Crippen LogP contribution in [-0.4, -0.2) is 49.4 Å². The summed E-state index contributed by atoms with van der Waals surface area (Å²) in [6, 6.07) is 0. The number of carbonyl (C=O) groups excluding carboxylic acids is 1. The largest absolute Gasteiger partial charge is 0.381 e. The van der Waals surface area contributed by atoms with E-state index in [0.29, 0.717) is 19.6 Å².